The molecule has 0 atom stereocenters. The SMILES string of the molecule is CC(C)(C)OC(=O)Nc1cc(C(=O)O)cc(-c2cnc(Nc3ccc(F)c(Cl)c3)nc2N2CCOCC2)c1.Cl.Nc1cc(C(=O)O)cc(-c2cnc(Nc3ccc(F)c(Cl)c3)nc2N2CCOCC2)c1. The fraction of sp³-hybridized carbons (Fsp3) is 0.255. The number of nitrogens with one attached hydrogen (secondary N) is 3. The summed E-state index contributed by atoms with van der Waals surface area (Å²) in [7, 11) is 0. The number of anilines is 8. The molecular weight excluding hydrogens is 977 g/mol. The number of nitrogens with zero attached hydrogens (tertiary/aromatic N) is 6. The number of carbonyl (C=O) groups is 3. The number of hydrogen-bond acceptors (Lipinski definition) is 15. The van der Waals surface area contributed by atoms with Crippen LogP contribution >= 0.6 is 35.6 Å². The number of ether oxygens (including phenoxy) is 3. The monoisotopic (exact) mass is 1020 g/mol. The number of nitrogens with two attached hydrogens (primary N) is 1. The van der Waals surface area contributed by atoms with Crippen molar-refractivity contribution in [3.05, 3.63) is 118 Å². The molecule has 70 heavy (non-hydrogen) atoms. The highest BCUT2D eigenvalue weighted by molar-refractivity contribution is 6.31. The van der Waals surface area contributed by atoms with Crippen LogP contribution in [0.25, 0.3) is 22.3 Å². The second-order valence-electron chi connectivity index (χ2n) is 16.4. The number of hydrogen-bond donors (Lipinski definition) is 6. The van der Waals surface area contributed by atoms with Crippen LogP contribution in [0.5, 0.6) is 0 Å². The van der Waals surface area contributed by atoms with Crippen molar-refractivity contribution in [1.82, 2.24) is 19.9 Å². The van der Waals surface area contributed by atoms with E-state index in [1.54, 1.807) is 45.3 Å². The molecule has 8 rings (SSSR count). The predicted molar refractivity (Wildman–Crippen MR) is 266 cm³/mol. The lowest BCUT2D eigenvalue weighted by molar-refractivity contribution is 0.0631. The fourth-order valence-electron chi connectivity index (χ4n) is 7.04. The van der Waals surface area contributed by atoms with Crippen molar-refractivity contribution >= 4 is 99.9 Å². The molecule has 4 heterocycles. The number of benzene rings is 4. The number of carboxylic acid groups (broad SMARTS) is 2. The number of aromatic carboxylic acids is 2. The van der Waals surface area contributed by atoms with Crippen molar-refractivity contribution in [2.75, 3.05) is 84.1 Å². The number of nitrogen functional groups attached to an aromatic ring is 1. The van der Waals surface area contributed by atoms with Gasteiger partial charge in [-0.3, -0.25) is 5.32 Å². The smallest absolute Gasteiger partial charge is 0.412 e. The lowest BCUT2D eigenvalue weighted by Crippen LogP contribution is -2.37. The van der Waals surface area contributed by atoms with Crippen LogP contribution in [0.1, 0.15) is 41.5 Å². The summed E-state index contributed by atoms with van der Waals surface area (Å²) in [5, 5.41) is 27.7. The molecule has 0 unspecified atom stereocenters. The summed E-state index contributed by atoms with van der Waals surface area (Å²) in [6.07, 6.45) is 2.45. The molecule has 2 aliphatic heterocycles. The first-order valence-electron chi connectivity index (χ1n) is 21.3. The summed E-state index contributed by atoms with van der Waals surface area (Å²) in [5.41, 5.74) is 9.09. The minimum Gasteiger partial charge on any atom is -0.478 e. The highest BCUT2D eigenvalue weighted by Crippen LogP contribution is 2.35. The van der Waals surface area contributed by atoms with Crippen molar-refractivity contribution in [1.29, 1.82) is 0 Å². The topological polar surface area (TPSA) is 240 Å². The highest BCUT2D eigenvalue weighted by Gasteiger charge is 2.24. The number of rotatable bonds is 11. The lowest BCUT2D eigenvalue weighted by atomic mass is 10.0. The zero-order chi connectivity index (χ0) is 49.4. The third kappa shape index (κ3) is 13.8. The Bertz CT molecular complexity index is 2880. The molecular formula is C47H47Cl3F2N10O8. The van der Waals surface area contributed by atoms with E-state index >= 15 is 0 Å². The van der Waals surface area contributed by atoms with Crippen LogP contribution in [0.3, 0.4) is 0 Å². The Morgan fingerprint density at radius 1 is 0.671 bits per heavy atom. The zero-order valence-electron chi connectivity index (χ0n) is 37.8. The predicted octanol–water partition coefficient (Wildman–Crippen LogP) is 9.78. The number of amides is 1. The highest BCUT2D eigenvalue weighted by atomic mass is 35.5. The molecule has 18 nitrogen and oxygen atoms in total. The number of carboxylic acids is 2. The normalized spacial score (nSPS) is 13.5. The van der Waals surface area contributed by atoms with Crippen LogP contribution in [0, 0.1) is 11.6 Å². The van der Waals surface area contributed by atoms with E-state index in [2.05, 4.69) is 35.9 Å². The van der Waals surface area contributed by atoms with Gasteiger partial charge in [0.25, 0.3) is 0 Å². The summed E-state index contributed by atoms with van der Waals surface area (Å²) < 4.78 is 43.3. The lowest BCUT2D eigenvalue weighted by Gasteiger charge is -2.29. The van der Waals surface area contributed by atoms with E-state index in [1.165, 1.54) is 60.7 Å². The summed E-state index contributed by atoms with van der Waals surface area (Å²) >= 11 is 11.8. The quantitative estimate of drug-likeness (QED) is 0.0662. The van der Waals surface area contributed by atoms with Gasteiger partial charge >= 0.3 is 18.0 Å². The number of carbonyl (C=O) groups excluding carboxylic acids is 1. The van der Waals surface area contributed by atoms with Crippen molar-refractivity contribution < 1.29 is 47.6 Å². The van der Waals surface area contributed by atoms with Gasteiger partial charge in [-0.2, -0.15) is 9.97 Å². The van der Waals surface area contributed by atoms with E-state index in [0.717, 1.165) is 0 Å². The van der Waals surface area contributed by atoms with Gasteiger partial charge in [-0.1, -0.05) is 23.2 Å². The molecule has 4 aromatic carbocycles. The van der Waals surface area contributed by atoms with Gasteiger partial charge in [0.05, 0.1) is 47.6 Å². The molecule has 2 aliphatic rings. The van der Waals surface area contributed by atoms with Gasteiger partial charge < -0.3 is 50.6 Å². The van der Waals surface area contributed by atoms with Crippen LogP contribution in [0.2, 0.25) is 10.0 Å². The number of halogens is 5. The molecule has 2 fully saturated rings. The molecule has 368 valence electrons. The number of morpholine rings is 2. The minimum atomic E-state index is -1.17. The van der Waals surface area contributed by atoms with Crippen molar-refractivity contribution in [3.8, 4) is 22.3 Å². The first kappa shape index (κ1) is 52.3. The molecule has 23 heteroatoms. The second-order valence-corrected chi connectivity index (χ2v) is 17.3. The Hall–Kier alpha value is -7.10. The maximum absolute atomic E-state index is 13.6. The zero-order valence-corrected chi connectivity index (χ0v) is 40.1. The van der Waals surface area contributed by atoms with Crippen molar-refractivity contribution in [2.24, 2.45) is 0 Å². The molecule has 0 radical (unpaired) electrons. The first-order valence-corrected chi connectivity index (χ1v) is 22.0. The van der Waals surface area contributed by atoms with E-state index in [-0.39, 0.29) is 51.2 Å². The molecule has 2 saturated heterocycles. The van der Waals surface area contributed by atoms with Crippen molar-refractivity contribution in [2.45, 2.75) is 26.4 Å². The Labute approximate surface area is 416 Å². The molecule has 6 aromatic rings. The Kier molecular flexibility index (Phi) is 17.2. The van der Waals surface area contributed by atoms with Crippen LogP contribution in [0.15, 0.2) is 85.2 Å². The summed E-state index contributed by atoms with van der Waals surface area (Å²) in [6, 6.07) is 17.5. The maximum Gasteiger partial charge on any atom is 0.412 e. The van der Waals surface area contributed by atoms with Gasteiger partial charge in [0.15, 0.2) is 0 Å². The molecule has 0 spiro atoms. The molecule has 2 aromatic heterocycles. The molecule has 1 amide bonds. The van der Waals surface area contributed by atoms with Gasteiger partial charge in [0, 0.05) is 72.4 Å². The van der Waals surface area contributed by atoms with Crippen LogP contribution in [-0.2, 0) is 14.2 Å². The standard InChI is InChI=1S/C26H27ClFN5O5.C21H19ClFN5O3.ClH/c1-26(2,3)38-25(36)31-18-11-15(10-16(12-18)23(34)35)19-14-29-24(30-17-4-5-21(28)20(27)13-17)32-22(19)33-6-8-37-9-7-33;22-17-10-15(1-2-18(17)23)26-21-25-11-16(19(27-21)28-3-5-31-6-4-28)12-7-13(20(29)30)9-14(24)8-12;/h4-5,10-14H,6-9H2,1-3H3,(H,31,36)(H,34,35)(H,29,30,32);1-2,7-11H,3-6,24H2,(H,29,30)(H,25,26,27);1H. The fourth-order valence-corrected chi connectivity index (χ4v) is 7.40. The minimum absolute atomic E-state index is 0. The molecule has 0 saturated carbocycles. The van der Waals surface area contributed by atoms with Gasteiger partial charge in [0.2, 0.25) is 11.9 Å². The summed E-state index contributed by atoms with van der Waals surface area (Å²) in [4.78, 5) is 57.9. The average Bonchev–Trinajstić information content (AvgIpc) is 3.31. The average molecular weight is 1020 g/mol. The Balaban J connectivity index is 0.000000231. The van der Waals surface area contributed by atoms with E-state index in [9.17, 15) is 33.4 Å². The van der Waals surface area contributed by atoms with Crippen molar-refractivity contribution in [3.63, 3.8) is 0 Å². The summed E-state index contributed by atoms with van der Waals surface area (Å²) in [6.45, 7) is 9.56. The Morgan fingerprint density at radius 2 is 1.11 bits per heavy atom. The van der Waals surface area contributed by atoms with E-state index in [4.69, 9.17) is 43.1 Å². The van der Waals surface area contributed by atoms with E-state index in [0.29, 0.717) is 104 Å². The molecule has 0 aliphatic carbocycles. The van der Waals surface area contributed by atoms with Crippen LogP contribution in [-0.4, -0.2) is 106 Å². The van der Waals surface area contributed by atoms with Crippen LogP contribution in [0.4, 0.5) is 59.9 Å². The van der Waals surface area contributed by atoms with E-state index < -0.39 is 35.3 Å². The third-order valence-corrected chi connectivity index (χ3v) is 10.7. The van der Waals surface area contributed by atoms with Gasteiger partial charge in [-0.15, -0.1) is 12.4 Å². The molecule has 7 N–H and O–H groups in total. The van der Waals surface area contributed by atoms with E-state index in [1.807, 2.05) is 9.80 Å². The third-order valence-electron chi connectivity index (χ3n) is 10.2. The van der Waals surface area contributed by atoms with Gasteiger partial charge in [-0.25, -0.2) is 33.1 Å². The van der Waals surface area contributed by atoms with Crippen LogP contribution < -0.4 is 31.5 Å². The van der Waals surface area contributed by atoms with Gasteiger partial charge in [-0.05, 0) is 105 Å². The maximum atomic E-state index is 13.6. The molecule has 0 bridgehead atoms. The van der Waals surface area contributed by atoms with Gasteiger partial charge in [0.1, 0.15) is 28.9 Å². The largest absolute Gasteiger partial charge is 0.478 e. The first-order chi connectivity index (χ1) is 32.9. The summed E-state index contributed by atoms with van der Waals surface area (Å²) in [5.74, 6) is -1.64. The second kappa shape index (κ2) is 23.0. The number of aromatic nitrogens is 4. The Morgan fingerprint density at radius 3 is 1.54 bits per heavy atom.